The van der Waals surface area contributed by atoms with Gasteiger partial charge in [0, 0.05) is 12.6 Å². The molecule has 0 spiro atoms. The van der Waals surface area contributed by atoms with Crippen LogP contribution in [0, 0.1) is 0 Å². The minimum atomic E-state index is -4.63. The Labute approximate surface area is 96.4 Å². The number of hydrogen-bond donors (Lipinski definition) is 1. The zero-order chi connectivity index (χ0) is 13.1. The van der Waals surface area contributed by atoms with Crippen LogP contribution >= 0.6 is 0 Å². The Bertz CT molecular complexity index is 381. The largest absolute Gasteiger partial charge is 0.476 e. The van der Waals surface area contributed by atoms with Crippen molar-refractivity contribution in [3.05, 3.63) is 11.9 Å². The summed E-state index contributed by atoms with van der Waals surface area (Å²) in [7, 11) is 3.64. The van der Waals surface area contributed by atoms with Crippen molar-refractivity contribution in [3.8, 4) is 5.88 Å². The minimum Gasteiger partial charge on any atom is -0.476 e. The van der Waals surface area contributed by atoms with E-state index in [9.17, 15) is 13.2 Å². The molecule has 1 aromatic rings. The zero-order valence-corrected chi connectivity index (χ0v) is 9.45. The van der Waals surface area contributed by atoms with Crippen LogP contribution in [-0.4, -0.2) is 42.1 Å². The molecule has 1 rings (SSSR count). The molecular formula is C9H13F3N4O. The van der Waals surface area contributed by atoms with Crippen LogP contribution in [0.15, 0.2) is 6.07 Å². The van der Waals surface area contributed by atoms with Crippen molar-refractivity contribution in [1.29, 1.82) is 0 Å². The van der Waals surface area contributed by atoms with E-state index in [-0.39, 0.29) is 18.3 Å². The minimum absolute atomic E-state index is 0.174. The summed E-state index contributed by atoms with van der Waals surface area (Å²) in [6.45, 7) is 0.784. The number of anilines is 1. The first kappa shape index (κ1) is 13.5. The van der Waals surface area contributed by atoms with Crippen molar-refractivity contribution in [3.63, 3.8) is 0 Å². The SMILES string of the molecule is CN(C)CCOc1cc(N)nc(C(F)(F)F)n1. The highest BCUT2D eigenvalue weighted by molar-refractivity contribution is 5.33. The van der Waals surface area contributed by atoms with E-state index in [1.165, 1.54) is 0 Å². The number of aromatic nitrogens is 2. The summed E-state index contributed by atoms with van der Waals surface area (Å²) in [6.07, 6.45) is -4.63. The normalized spacial score (nSPS) is 11.9. The monoisotopic (exact) mass is 250 g/mol. The lowest BCUT2D eigenvalue weighted by molar-refractivity contribution is -0.145. The number of nitrogens with zero attached hydrogens (tertiary/aromatic N) is 3. The number of nitrogen functional groups attached to an aromatic ring is 1. The molecule has 0 aliphatic carbocycles. The van der Waals surface area contributed by atoms with Gasteiger partial charge in [-0.05, 0) is 14.1 Å². The predicted octanol–water partition coefficient (Wildman–Crippen LogP) is 1.02. The van der Waals surface area contributed by atoms with Gasteiger partial charge in [0.1, 0.15) is 12.4 Å². The fraction of sp³-hybridized carbons (Fsp3) is 0.556. The number of halogens is 3. The maximum absolute atomic E-state index is 12.4. The van der Waals surface area contributed by atoms with Gasteiger partial charge in [0.15, 0.2) is 0 Å². The molecule has 0 saturated heterocycles. The molecule has 0 aliphatic rings. The molecule has 2 N–H and O–H groups in total. The molecule has 96 valence electrons. The van der Waals surface area contributed by atoms with Gasteiger partial charge in [-0.1, -0.05) is 0 Å². The van der Waals surface area contributed by atoms with Gasteiger partial charge in [0.2, 0.25) is 11.7 Å². The van der Waals surface area contributed by atoms with Crippen LogP contribution in [0.5, 0.6) is 5.88 Å². The van der Waals surface area contributed by atoms with Crippen molar-refractivity contribution >= 4 is 5.82 Å². The second-order valence-corrected chi connectivity index (χ2v) is 3.60. The second kappa shape index (κ2) is 5.17. The molecule has 0 fully saturated rings. The number of hydrogen-bond acceptors (Lipinski definition) is 5. The van der Waals surface area contributed by atoms with Crippen molar-refractivity contribution in [2.45, 2.75) is 6.18 Å². The van der Waals surface area contributed by atoms with Gasteiger partial charge in [0.05, 0.1) is 0 Å². The van der Waals surface area contributed by atoms with Gasteiger partial charge in [-0.25, -0.2) is 4.98 Å². The lowest BCUT2D eigenvalue weighted by Crippen LogP contribution is -2.20. The fourth-order valence-corrected chi connectivity index (χ4v) is 0.976. The molecular weight excluding hydrogens is 237 g/mol. The average molecular weight is 250 g/mol. The first-order chi connectivity index (χ1) is 7.79. The Morgan fingerprint density at radius 1 is 1.35 bits per heavy atom. The number of rotatable bonds is 4. The highest BCUT2D eigenvalue weighted by atomic mass is 19.4. The van der Waals surface area contributed by atoms with Gasteiger partial charge in [0.25, 0.3) is 0 Å². The maximum Gasteiger partial charge on any atom is 0.451 e. The maximum atomic E-state index is 12.4. The number of likely N-dealkylation sites (N-methyl/N-ethyl adjacent to an activating group) is 1. The Kier molecular flexibility index (Phi) is 4.11. The van der Waals surface area contributed by atoms with Crippen LogP contribution < -0.4 is 10.5 Å². The van der Waals surface area contributed by atoms with E-state index in [1.807, 2.05) is 19.0 Å². The molecule has 0 saturated carbocycles. The number of ether oxygens (including phenoxy) is 1. The van der Waals surface area contributed by atoms with E-state index in [2.05, 4.69) is 9.97 Å². The van der Waals surface area contributed by atoms with Gasteiger partial charge >= 0.3 is 6.18 Å². The Hall–Kier alpha value is -1.57. The molecule has 0 radical (unpaired) electrons. The van der Waals surface area contributed by atoms with Crippen molar-refractivity contribution in [1.82, 2.24) is 14.9 Å². The van der Waals surface area contributed by atoms with Crippen molar-refractivity contribution in [2.75, 3.05) is 33.0 Å². The topological polar surface area (TPSA) is 64.3 Å². The third kappa shape index (κ3) is 4.43. The molecule has 17 heavy (non-hydrogen) atoms. The van der Waals surface area contributed by atoms with E-state index < -0.39 is 12.0 Å². The van der Waals surface area contributed by atoms with E-state index in [4.69, 9.17) is 10.5 Å². The second-order valence-electron chi connectivity index (χ2n) is 3.60. The first-order valence-corrected chi connectivity index (χ1v) is 4.78. The van der Waals surface area contributed by atoms with Gasteiger partial charge in [-0.15, -0.1) is 0 Å². The summed E-state index contributed by atoms with van der Waals surface area (Å²) < 4.78 is 42.1. The van der Waals surface area contributed by atoms with Crippen LogP contribution in [-0.2, 0) is 6.18 Å². The van der Waals surface area contributed by atoms with E-state index in [1.54, 1.807) is 0 Å². The molecule has 0 atom stereocenters. The lowest BCUT2D eigenvalue weighted by Gasteiger charge is -2.12. The predicted molar refractivity (Wildman–Crippen MR) is 55.5 cm³/mol. The van der Waals surface area contributed by atoms with Crippen molar-refractivity contribution < 1.29 is 17.9 Å². The van der Waals surface area contributed by atoms with E-state index >= 15 is 0 Å². The Morgan fingerprint density at radius 2 is 2.00 bits per heavy atom. The summed E-state index contributed by atoms with van der Waals surface area (Å²) in [6, 6.07) is 1.16. The standard InChI is InChI=1S/C9H13F3N4O/c1-16(2)3-4-17-7-5-6(13)14-8(15-7)9(10,11)12/h5H,3-4H2,1-2H3,(H2,13,14,15). The summed E-state index contributed by atoms with van der Waals surface area (Å²) in [4.78, 5) is 8.17. The zero-order valence-electron chi connectivity index (χ0n) is 9.45. The third-order valence-electron chi connectivity index (χ3n) is 1.76. The quantitative estimate of drug-likeness (QED) is 0.864. The van der Waals surface area contributed by atoms with Crippen molar-refractivity contribution in [2.24, 2.45) is 0 Å². The molecule has 0 amide bonds. The Balaban J connectivity index is 2.76. The van der Waals surface area contributed by atoms with E-state index in [0.29, 0.717) is 6.54 Å². The first-order valence-electron chi connectivity index (χ1n) is 4.78. The van der Waals surface area contributed by atoms with E-state index in [0.717, 1.165) is 6.07 Å². The van der Waals surface area contributed by atoms with Crippen LogP contribution in [0.4, 0.5) is 19.0 Å². The fourth-order valence-electron chi connectivity index (χ4n) is 0.976. The van der Waals surface area contributed by atoms with Gasteiger partial charge in [-0.3, -0.25) is 0 Å². The molecule has 0 aromatic carbocycles. The summed E-state index contributed by atoms with van der Waals surface area (Å²) in [5, 5.41) is 0. The summed E-state index contributed by atoms with van der Waals surface area (Å²) >= 11 is 0. The molecule has 5 nitrogen and oxygen atoms in total. The third-order valence-corrected chi connectivity index (χ3v) is 1.76. The average Bonchev–Trinajstić information content (AvgIpc) is 2.14. The Morgan fingerprint density at radius 3 is 2.53 bits per heavy atom. The summed E-state index contributed by atoms with van der Waals surface area (Å²) in [5.41, 5.74) is 5.25. The van der Waals surface area contributed by atoms with Gasteiger partial charge in [-0.2, -0.15) is 18.2 Å². The molecule has 1 aromatic heterocycles. The molecule has 0 unspecified atom stereocenters. The highest BCUT2D eigenvalue weighted by Crippen LogP contribution is 2.28. The number of nitrogens with two attached hydrogens (primary N) is 1. The molecule has 1 heterocycles. The van der Waals surface area contributed by atoms with Crippen LogP contribution in [0.1, 0.15) is 5.82 Å². The van der Waals surface area contributed by atoms with Crippen LogP contribution in [0.2, 0.25) is 0 Å². The number of alkyl halides is 3. The lowest BCUT2D eigenvalue weighted by atomic mass is 10.5. The molecule has 8 heteroatoms. The smallest absolute Gasteiger partial charge is 0.451 e. The molecule has 0 bridgehead atoms. The van der Waals surface area contributed by atoms with Crippen LogP contribution in [0.25, 0.3) is 0 Å². The van der Waals surface area contributed by atoms with Gasteiger partial charge < -0.3 is 15.4 Å². The van der Waals surface area contributed by atoms with Crippen LogP contribution in [0.3, 0.4) is 0 Å². The summed E-state index contributed by atoms with van der Waals surface area (Å²) in [5.74, 6) is -1.74. The molecule has 0 aliphatic heterocycles. The highest BCUT2D eigenvalue weighted by Gasteiger charge is 2.35.